The van der Waals surface area contributed by atoms with Crippen LogP contribution < -0.4 is 0 Å². The van der Waals surface area contributed by atoms with Crippen molar-refractivity contribution >= 4 is 11.6 Å². The van der Waals surface area contributed by atoms with Crippen LogP contribution in [-0.4, -0.2) is 9.97 Å². The summed E-state index contributed by atoms with van der Waals surface area (Å²) in [6, 6.07) is 4.84. The number of nitrogens with zero attached hydrogens (tertiary/aromatic N) is 2. The van der Waals surface area contributed by atoms with Gasteiger partial charge in [-0.3, -0.25) is 0 Å². The molecule has 3 rings (SSSR count). The minimum atomic E-state index is -0.269. The molecule has 0 unspecified atom stereocenters. The SMILES string of the molecule is Cc1cc(F)cc(-c2nc(Cl)c3c(n2)CCCCC3)c1. The Morgan fingerprint density at radius 1 is 1.05 bits per heavy atom. The maximum atomic E-state index is 13.5. The van der Waals surface area contributed by atoms with Gasteiger partial charge in [0.05, 0.1) is 0 Å². The molecule has 104 valence electrons. The zero-order valence-corrected chi connectivity index (χ0v) is 12.2. The van der Waals surface area contributed by atoms with E-state index in [0.717, 1.165) is 42.5 Å². The first-order valence-corrected chi connectivity index (χ1v) is 7.34. The Morgan fingerprint density at radius 3 is 2.65 bits per heavy atom. The monoisotopic (exact) mass is 290 g/mol. The molecule has 0 radical (unpaired) electrons. The fourth-order valence-electron chi connectivity index (χ4n) is 2.72. The van der Waals surface area contributed by atoms with Gasteiger partial charge in [-0.2, -0.15) is 0 Å². The average Bonchev–Trinajstić information content (AvgIpc) is 2.63. The summed E-state index contributed by atoms with van der Waals surface area (Å²) in [6.07, 6.45) is 5.33. The van der Waals surface area contributed by atoms with Crippen LogP contribution in [0.25, 0.3) is 11.4 Å². The first-order chi connectivity index (χ1) is 9.63. The van der Waals surface area contributed by atoms with Crippen LogP contribution in [0.3, 0.4) is 0 Å². The van der Waals surface area contributed by atoms with E-state index in [2.05, 4.69) is 9.97 Å². The largest absolute Gasteiger partial charge is 0.233 e. The highest BCUT2D eigenvalue weighted by molar-refractivity contribution is 6.30. The molecule has 2 aromatic rings. The Morgan fingerprint density at radius 2 is 1.85 bits per heavy atom. The van der Waals surface area contributed by atoms with Gasteiger partial charge in [0.1, 0.15) is 11.0 Å². The zero-order chi connectivity index (χ0) is 14.1. The van der Waals surface area contributed by atoms with Crippen molar-refractivity contribution in [3.63, 3.8) is 0 Å². The van der Waals surface area contributed by atoms with Crippen LogP contribution in [0.2, 0.25) is 5.15 Å². The maximum Gasteiger partial charge on any atom is 0.161 e. The lowest BCUT2D eigenvalue weighted by atomic mass is 10.1. The lowest BCUT2D eigenvalue weighted by molar-refractivity contribution is 0.627. The van der Waals surface area contributed by atoms with Crippen LogP contribution >= 0.6 is 11.6 Å². The molecular weight excluding hydrogens is 275 g/mol. The van der Waals surface area contributed by atoms with Crippen LogP contribution in [0.1, 0.15) is 36.1 Å². The van der Waals surface area contributed by atoms with Gasteiger partial charge in [0, 0.05) is 16.8 Å². The molecule has 0 fully saturated rings. The molecule has 20 heavy (non-hydrogen) atoms. The van der Waals surface area contributed by atoms with Crippen molar-refractivity contribution in [1.82, 2.24) is 9.97 Å². The Labute approximate surface area is 123 Å². The van der Waals surface area contributed by atoms with Gasteiger partial charge in [0.15, 0.2) is 5.82 Å². The fraction of sp³-hybridized carbons (Fsp3) is 0.375. The smallest absolute Gasteiger partial charge is 0.161 e. The molecule has 0 bridgehead atoms. The summed E-state index contributed by atoms with van der Waals surface area (Å²) in [5.74, 6) is 0.257. The van der Waals surface area contributed by atoms with E-state index in [0.29, 0.717) is 16.5 Å². The van der Waals surface area contributed by atoms with Crippen molar-refractivity contribution in [2.45, 2.75) is 39.0 Å². The van der Waals surface area contributed by atoms with Crippen LogP contribution in [-0.2, 0) is 12.8 Å². The highest BCUT2D eigenvalue weighted by Gasteiger charge is 2.16. The summed E-state index contributed by atoms with van der Waals surface area (Å²) >= 11 is 6.30. The van der Waals surface area contributed by atoms with Crippen LogP contribution in [0, 0.1) is 12.7 Å². The number of fused-ring (bicyclic) bond motifs is 1. The summed E-state index contributed by atoms with van der Waals surface area (Å²) in [4.78, 5) is 8.99. The lowest BCUT2D eigenvalue weighted by Crippen LogP contribution is -2.02. The Kier molecular flexibility index (Phi) is 3.70. The normalized spacial score (nSPS) is 14.8. The highest BCUT2D eigenvalue weighted by Crippen LogP contribution is 2.28. The molecule has 2 nitrogen and oxygen atoms in total. The van der Waals surface area contributed by atoms with Gasteiger partial charge >= 0.3 is 0 Å². The van der Waals surface area contributed by atoms with Gasteiger partial charge in [-0.1, -0.05) is 18.0 Å². The second kappa shape index (κ2) is 5.49. The predicted molar refractivity (Wildman–Crippen MR) is 78.4 cm³/mol. The molecular formula is C16H16ClFN2. The molecule has 0 spiro atoms. The molecule has 0 aliphatic heterocycles. The van der Waals surface area contributed by atoms with Crippen LogP contribution in [0.15, 0.2) is 18.2 Å². The summed E-state index contributed by atoms with van der Waals surface area (Å²) < 4.78 is 13.5. The van der Waals surface area contributed by atoms with E-state index < -0.39 is 0 Å². The second-order valence-electron chi connectivity index (χ2n) is 5.34. The highest BCUT2D eigenvalue weighted by atomic mass is 35.5. The van der Waals surface area contributed by atoms with Crippen molar-refractivity contribution < 1.29 is 4.39 Å². The Balaban J connectivity index is 2.10. The van der Waals surface area contributed by atoms with Gasteiger partial charge in [-0.15, -0.1) is 0 Å². The van der Waals surface area contributed by atoms with Crippen molar-refractivity contribution in [2.24, 2.45) is 0 Å². The molecule has 0 saturated heterocycles. The molecule has 1 heterocycles. The molecule has 0 amide bonds. The van der Waals surface area contributed by atoms with Gasteiger partial charge in [-0.25, -0.2) is 14.4 Å². The third kappa shape index (κ3) is 2.68. The molecule has 1 aromatic heterocycles. The van der Waals surface area contributed by atoms with Crippen molar-refractivity contribution in [1.29, 1.82) is 0 Å². The van der Waals surface area contributed by atoms with Gasteiger partial charge in [0.2, 0.25) is 0 Å². The summed E-state index contributed by atoms with van der Waals surface area (Å²) in [5, 5.41) is 0.522. The van der Waals surface area contributed by atoms with Crippen LogP contribution in [0.4, 0.5) is 4.39 Å². The molecule has 4 heteroatoms. The number of benzene rings is 1. The standard InChI is InChI=1S/C16H16ClFN2/c1-10-7-11(9-12(18)8-10)16-19-14-6-4-2-3-5-13(14)15(17)20-16/h7-9H,2-6H2,1H3. The van der Waals surface area contributed by atoms with E-state index in [1.807, 2.05) is 13.0 Å². The molecule has 0 atom stereocenters. The number of halogens is 2. The predicted octanol–water partition coefficient (Wildman–Crippen LogP) is 4.51. The van der Waals surface area contributed by atoms with E-state index >= 15 is 0 Å². The number of rotatable bonds is 1. The lowest BCUT2D eigenvalue weighted by Gasteiger charge is -2.10. The Bertz CT molecular complexity index is 635. The third-order valence-electron chi connectivity index (χ3n) is 3.68. The third-order valence-corrected chi connectivity index (χ3v) is 4.00. The number of aryl methyl sites for hydroxylation is 2. The van der Waals surface area contributed by atoms with E-state index in [-0.39, 0.29) is 5.82 Å². The van der Waals surface area contributed by atoms with Gasteiger partial charge in [0.25, 0.3) is 0 Å². The first-order valence-electron chi connectivity index (χ1n) is 6.96. The van der Waals surface area contributed by atoms with E-state index in [9.17, 15) is 4.39 Å². The topological polar surface area (TPSA) is 25.8 Å². The van der Waals surface area contributed by atoms with Gasteiger partial charge < -0.3 is 0 Å². The quantitative estimate of drug-likeness (QED) is 0.570. The molecule has 0 saturated carbocycles. The molecule has 0 N–H and O–H groups in total. The first kappa shape index (κ1) is 13.5. The summed E-state index contributed by atoms with van der Waals surface area (Å²) in [5.41, 5.74) is 3.64. The zero-order valence-electron chi connectivity index (χ0n) is 11.4. The van der Waals surface area contributed by atoms with E-state index in [4.69, 9.17) is 11.6 Å². The maximum absolute atomic E-state index is 13.5. The van der Waals surface area contributed by atoms with Gasteiger partial charge in [-0.05, 0) is 56.4 Å². The average molecular weight is 291 g/mol. The fourth-order valence-corrected chi connectivity index (χ4v) is 3.00. The molecule has 1 aliphatic rings. The minimum Gasteiger partial charge on any atom is -0.233 e. The van der Waals surface area contributed by atoms with Crippen molar-refractivity contribution in [3.8, 4) is 11.4 Å². The number of hydrogen-bond donors (Lipinski definition) is 0. The molecule has 1 aromatic carbocycles. The van der Waals surface area contributed by atoms with E-state index in [1.54, 1.807) is 0 Å². The number of hydrogen-bond acceptors (Lipinski definition) is 2. The molecule has 1 aliphatic carbocycles. The van der Waals surface area contributed by atoms with Crippen molar-refractivity contribution in [3.05, 3.63) is 46.0 Å². The van der Waals surface area contributed by atoms with E-state index in [1.165, 1.54) is 18.6 Å². The van der Waals surface area contributed by atoms with Crippen LogP contribution in [0.5, 0.6) is 0 Å². The summed E-state index contributed by atoms with van der Waals surface area (Å²) in [7, 11) is 0. The minimum absolute atomic E-state index is 0.269. The summed E-state index contributed by atoms with van der Waals surface area (Å²) in [6.45, 7) is 1.86. The van der Waals surface area contributed by atoms with Crippen molar-refractivity contribution in [2.75, 3.05) is 0 Å². The number of aromatic nitrogens is 2. The second-order valence-corrected chi connectivity index (χ2v) is 5.70. The Hall–Kier alpha value is -1.48.